The average Bonchev–Trinajstić information content (AvgIpc) is 2.37. The van der Waals surface area contributed by atoms with E-state index in [1.807, 2.05) is 23.6 Å². The molecule has 0 aromatic heterocycles. The molecule has 0 radical (unpaired) electrons. The lowest BCUT2D eigenvalue weighted by Crippen LogP contribution is -2.53. The lowest BCUT2D eigenvalue weighted by Gasteiger charge is -2.37. The minimum Gasteiger partial charge on any atom is -0.481 e. The summed E-state index contributed by atoms with van der Waals surface area (Å²) in [5, 5.41) is 8.81. The molecule has 0 saturated carbocycles. The van der Waals surface area contributed by atoms with Crippen molar-refractivity contribution in [1.82, 2.24) is 9.80 Å². The lowest BCUT2D eigenvalue weighted by molar-refractivity contribution is -0.147. The normalized spacial score (nSPS) is 31.1. The van der Waals surface area contributed by atoms with E-state index in [4.69, 9.17) is 14.6 Å². The molecule has 0 aromatic carbocycles. The van der Waals surface area contributed by atoms with Gasteiger partial charge in [-0.15, -0.1) is 0 Å². The van der Waals surface area contributed by atoms with Crippen LogP contribution in [0.25, 0.3) is 0 Å². The second kappa shape index (κ2) is 7.20. The molecule has 7 nitrogen and oxygen atoms in total. The number of rotatable bonds is 4. The quantitative estimate of drug-likeness (QED) is 0.774. The standard InChI is InChI=1S/C14H24N2O5/c1-10-6-16(7-11(2)21-10)13(17)9-15-3-4-20-12(8-15)5-14(18)19/h10-12H,3-9H2,1-2H3,(H,18,19). The van der Waals surface area contributed by atoms with Gasteiger partial charge in [-0.1, -0.05) is 0 Å². The molecule has 0 spiro atoms. The van der Waals surface area contributed by atoms with Crippen molar-refractivity contribution < 1.29 is 24.2 Å². The molecule has 2 rings (SSSR count). The first kappa shape index (κ1) is 16.2. The molecule has 0 bridgehead atoms. The molecule has 120 valence electrons. The number of carboxylic acid groups (broad SMARTS) is 1. The summed E-state index contributed by atoms with van der Waals surface area (Å²) in [6.07, 6.45) is -0.230. The predicted octanol–water partition coefficient (Wildman–Crippen LogP) is -0.202. The maximum absolute atomic E-state index is 12.4. The van der Waals surface area contributed by atoms with Crippen LogP contribution in [-0.2, 0) is 19.1 Å². The molecule has 0 aromatic rings. The van der Waals surface area contributed by atoms with E-state index in [0.29, 0.717) is 39.3 Å². The second-order valence-electron chi connectivity index (χ2n) is 5.88. The number of aliphatic carboxylic acids is 1. The summed E-state index contributed by atoms with van der Waals surface area (Å²) in [5.74, 6) is -0.794. The van der Waals surface area contributed by atoms with Gasteiger partial charge in [0.15, 0.2) is 0 Å². The number of nitrogens with zero attached hydrogens (tertiary/aromatic N) is 2. The lowest BCUT2D eigenvalue weighted by atomic mass is 10.2. The van der Waals surface area contributed by atoms with E-state index in [1.165, 1.54) is 0 Å². The molecular weight excluding hydrogens is 276 g/mol. The third-order valence-corrected chi connectivity index (χ3v) is 3.76. The van der Waals surface area contributed by atoms with Gasteiger partial charge >= 0.3 is 5.97 Å². The fraction of sp³-hybridized carbons (Fsp3) is 0.857. The summed E-state index contributed by atoms with van der Waals surface area (Å²) in [5.41, 5.74) is 0. The van der Waals surface area contributed by atoms with Crippen LogP contribution in [0.15, 0.2) is 0 Å². The first-order chi connectivity index (χ1) is 9.94. The molecule has 2 aliphatic rings. The number of amides is 1. The largest absolute Gasteiger partial charge is 0.481 e. The fourth-order valence-electron chi connectivity index (χ4n) is 2.92. The molecule has 21 heavy (non-hydrogen) atoms. The van der Waals surface area contributed by atoms with Gasteiger partial charge in [0.25, 0.3) is 0 Å². The Morgan fingerprint density at radius 1 is 1.19 bits per heavy atom. The van der Waals surface area contributed by atoms with Gasteiger partial charge in [-0.3, -0.25) is 14.5 Å². The highest BCUT2D eigenvalue weighted by Crippen LogP contribution is 2.13. The highest BCUT2D eigenvalue weighted by molar-refractivity contribution is 5.78. The summed E-state index contributed by atoms with van der Waals surface area (Å²) in [6, 6.07) is 0. The first-order valence-electron chi connectivity index (χ1n) is 7.43. The van der Waals surface area contributed by atoms with Crippen molar-refractivity contribution in [1.29, 1.82) is 0 Å². The summed E-state index contributed by atoms with van der Waals surface area (Å²) >= 11 is 0. The highest BCUT2D eigenvalue weighted by atomic mass is 16.5. The van der Waals surface area contributed by atoms with E-state index >= 15 is 0 Å². The van der Waals surface area contributed by atoms with E-state index in [9.17, 15) is 9.59 Å². The van der Waals surface area contributed by atoms with Gasteiger partial charge in [0.05, 0.1) is 37.9 Å². The maximum atomic E-state index is 12.4. The molecule has 1 amide bonds. The molecule has 1 N–H and O–H groups in total. The minimum absolute atomic E-state index is 0.0175. The fourth-order valence-corrected chi connectivity index (χ4v) is 2.92. The van der Waals surface area contributed by atoms with Crippen LogP contribution < -0.4 is 0 Å². The van der Waals surface area contributed by atoms with Crippen LogP contribution in [0.1, 0.15) is 20.3 Å². The van der Waals surface area contributed by atoms with Crippen LogP contribution >= 0.6 is 0 Å². The van der Waals surface area contributed by atoms with Crippen LogP contribution in [0, 0.1) is 0 Å². The van der Waals surface area contributed by atoms with Crippen LogP contribution in [-0.4, -0.2) is 84.4 Å². The summed E-state index contributed by atoms with van der Waals surface area (Å²) < 4.78 is 11.0. The molecule has 3 atom stereocenters. The Bertz CT molecular complexity index is 380. The van der Waals surface area contributed by atoms with Gasteiger partial charge in [-0.25, -0.2) is 0 Å². The second-order valence-corrected chi connectivity index (χ2v) is 5.88. The van der Waals surface area contributed by atoms with Crippen LogP contribution in [0.2, 0.25) is 0 Å². The number of ether oxygens (including phenoxy) is 2. The summed E-state index contributed by atoms with van der Waals surface area (Å²) in [4.78, 5) is 26.9. The molecule has 0 aliphatic carbocycles. The molecule has 3 unspecified atom stereocenters. The van der Waals surface area contributed by atoms with Gasteiger partial charge < -0.3 is 19.5 Å². The Morgan fingerprint density at radius 3 is 2.48 bits per heavy atom. The highest BCUT2D eigenvalue weighted by Gasteiger charge is 2.29. The van der Waals surface area contributed by atoms with Crippen LogP contribution in [0.4, 0.5) is 0 Å². The van der Waals surface area contributed by atoms with Crippen LogP contribution in [0.3, 0.4) is 0 Å². The van der Waals surface area contributed by atoms with E-state index in [2.05, 4.69) is 0 Å². The van der Waals surface area contributed by atoms with E-state index in [1.54, 1.807) is 0 Å². The third-order valence-electron chi connectivity index (χ3n) is 3.76. The van der Waals surface area contributed by atoms with E-state index in [0.717, 1.165) is 0 Å². The number of hydrogen-bond acceptors (Lipinski definition) is 5. The number of carbonyl (C=O) groups excluding carboxylic acids is 1. The van der Waals surface area contributed by atoms with Crippen molar-refractivity contribution >= 4 is 11.9 Å². The summed E-state index contributed by atoms with van der Waals surface area (Å²) in [6.45, 7) is 7.12. The van der Waals surface area contributed by atoms with Gasteiger partial charge in [0.1, 0.15) is 0 Å². The minimum atomic E-state index is -0.871. The van der Waals surface area contributed by atoms with Crippen molar-refractivity contribution in [3.8, 4) is 0 Å². The van der Waals surface area contributed by atoms with Crippen molar-refractivity contribution in [2.24, 2.45) is 0 Å². The molecule has 2 heterocycles. The zero-order valence-corrected chi connectivity index (χ0v) is 12.7. The Hall–Kier alpha value is -1.18. The SMILES string of the molecule is CC1CN(C(=O)CN2CCOC(CC(=O)O)C2)CC(C)O1. The molecule has 2 saturated heterocycles. The third kappa shape index (κ3) is 4.94. The molecule has 7 heteroatoms. The van der Waals surface area contributed by atoms with Crippen molar-refractivity contribution in [3.63, 3.8) is 0 Å². The zero-order valence-electron chi connectivity index (χ0n) is 12.7. The van der Waals surface area contributed by atoms with Crippen molar-refractivity contribution in [3.05, 3.63) is 0 Å². The zero-order chi connectivity index (χ0) is 15.4. The van der Waals surface area contributed by atoms with E-state index in [-0.39, 0.29) is 30.6 Å². The van der Waals surface area contributed by atoms with Gasteiger partial charge in [-0.05, 0) is 13.8 Å². The predicted molar refractivity (Wildman–Crippen MR) is 75.0 cm³/mol. The smallest absolute Gasteiger partial charge is 0.306 e. The maximum Gasteiger partial charge on any atom is 0.306 e. The van der Waals surface area contributed by atoms with E-state index < -0.39 is 5.97 Å². The Labute approximate surface area is 124 Å². The van der Waals surface area contributed by atoms with Crippen molar-refractivity contribution in [2.75, 3.05) is 39.3 Å². The topological polar surface area (TPSA) is 79.3 Å². The molecule has 2 fully saturated rings. The van der Waals surface area contributed by atoms with Crippen LogP contribution in [0.5, 0.6) is 0 Å². The molecular formula is C14H24N2O5. The number of morpholine rings is 2. The van der Waals surface area contributed by atoms with Gasteiger partial charge in [0.2, 0.25) is 5.91 Å². The Balaban J connectivity index is 1.82. The molecule has 2 aliphatic heterocycles. The number of carbonyl (C=O) groups is 2. The van der Waals surface area contributed by atoms with Gasteiger partial charge in [0, 0.05) is 26.2 Å². The van der Waals surface area contributed by atoms with Gasteiger partial charge in [-0.2, -0.15) is 0 Å². The Morgan fingerprint density at radius 2 is 1.86 bits per heavy atom. The first-order valence-corrected chi connectivity index (χ1v) is 7.43. The average molecular weight is 300 g/mol. The van der Waals surface area contributed by atoms with Crippen molar-refractivity contribution in [2.45, 2.75) is 38.6 Å². The Kier molecular flexibility index (Phi) is 5.55. The summed E-state index contributed by atoms with van der Waals surface area (Å²) in [7, 11) is 0. The monoisotopic (exact) mass is 300 g/mol. The number of carboxylic acids is 1. The number of hydrogen-bond donors (Lipinski definition) is 1.